The molecule has 1 amide bonds. The molecule has 20 heavy (non-hydrogen) atoms. The highest BCUT2D eigenvalue weighted by atomic mass is 16.6. The van der Waals surface area contributed by atoms with E-state index in [1.165, 1.54) is 18.2 Å². The van der Waals surface area contributed by atoms with Crippen molar-refractivity contribution in [3.05, 3.63) is 39.9 Å². The number of carboxylic acid groups (broad SMARTS) is 1. The van der Waals surface area contributed by atoms with Gasteiger partial charge in [0.2, 0.25) is 5.91 Å². The van der Waals surface area contributed by atoms with E-state index in [9.17, 15) is 19.7 Å². The molecule has 0 radical (unpaired) electrons. The largest absolute Gasteiger partial charge is 0.480 e. The molecular weight excluding hydrogens is 268 g/mol. The van der Waals surface area contributed by atoms with Gasteiger partial charge in [-0.25, -0.2) is 4.79 Å². The van der Waals surface area contributed by atoms with Crippen LogP contribution in [0.4, 0.5) is 5.69 Å². The molecule has 2 N–H and O–H groups in total. The smallest absolute Gasteiger partial charge is 0.329 e. The lowest BCUT2D eigenvalue weighted by Gasteiger charge is -2.05. The molecule has 1 aromatic rings. The van der Waals surface area contributed by atoms with Crippen LogP contribution < -0.4 is 5.32 Å². The fourth-order valence-electron chi connectivity index (χ4n) is 1.50. The summed E-state index contributed by atoms with van der Waals surface area (Å²) in [6, 6.07) is 5.99. The number of nitro groups is 1. The first kappa shape index (κ1) is 15.6. The molecule has 0 aliphatic rings. The predicted molar refractivity (Wildman–Crippen MR) is 68.3 cm³/mol. The minimum atomic E-state index is -1.09. The minimum Gasteiger partial charge on any atom is -0.480 e. The number of ether oxygens (including phenoxy) is 1. The van der Waals surface area contributed by atoms with Crippen molar-refractivity contribution in [2.45, 2.75) is 6.42 Å². The maximum atomic E-state index is 11.6. The van der Waals surface area contributed by atoms with E-state index in [-0.39, 0.29) is 25.3 Å². The van der Waals surface area contributed by atoms with Crippen molar-refractivity contribution in [1.82, 2.24) is 5.32 Å². The Bertz CT molecular complexity index is 502. The topological polar surface area (TPSA) is 119 Å². The number of rotatable bonds is 8. The first-order valence-corrected chi connectivity index (χ1v) is 5.79. The number of nitrogens with zero attached hydrogens (tertiary/aromatic N) is 1. The number of amides is 1. The number of carbonyl (C=O) groups excluding carboxylic acids is 1. The summed E-state index contributed by atoms with van der Waals surface area (Å²) in [4.78, 5) is 32.0. The highest BCUT2D eigenvalue weighted by Crippen LogP contribution is 2.17. The Labute approximate surface area is 114 Å². The highest BCUT2D eigenvalue weighted by Gasteiger charge is 2.14. The lowest BCUT2D eigenvalue weighted by atomic mass is 10.1. The Balaban J connectivity index is 2.39. The Morgan fingerprint density at radius 3 is 2.70 bits per heavy atom. The third-order valence-corrected chi connectivity index (χ3v) is 2.33. The van der Waals surface area contributed by atoms with Crippen LogP contribution in [0.5, 0.6) is 0 Å². The summed E-state index contributed by atoms with van der Waals surface area (Å²) in [6.07, 6.45) is -0.115. The molecule has 8 nitrogen and oxygen atoms in total. The second kappa shape index (κ2) is 7.85. The Hall–Kier alpha value is -2.48. The van der Waals surface area contributed by atoms with Crippen LogP contribution in [0.2, 0.25) is 0 Å². The molecule has 108 valence electrons. The first-order valence-electron chi connectivity index (χ1n) is 5.79. The zero-order valence-electron chi connectivity index (χ0n) is 10.6. The van der Waals surface area contributed by atoms with Crippen LogP contribution in [-0.4, -0.2) is 41.7 Å². The highest BCUT2D eigenvalue weighted by molar-refractivity contribution is 5.79. The second-order valence-corrected chi connectivity index (χ2v) is 3.86. The van der Waals surface area contributed by atoms with Gasteiger partial charge < -0.3 is 15.2 Å². The van der Waals surface area contributed by atoms with E-state index in [0.717, 1.165) is 0 Å². The second-order valence-electron chi connectivity index (χ2n) is 3.86. The van der Waals surface area contributed by atoms with Gasteiger partial charge in [0.05, 0.1) is 18.0 Å². The van der Waals surface area contributed by atoms with Crippen molar-refractivity contribution in [3.8, 4) is 0 Å². The summed E-state index contributed by atoms with van der Waals surface area (Å²) < 4.78 is 4.74. The normalized spacial score (nSPS) is 10.0. The van der Waals surface area contributed by atoms with Gasteiger partial charge in [-0.3, -0.25) is 14.9 Å². The number of para-hydroxylation sites is 1. The number of nitrogens with one attached hydrogen (secondary N) is 1. The fourth-order valence-corrected chi connectivity index (χ4v) is 1.50. The average molecular weight is 282 g/mol. The molecule has 0 bridgehead atoms. The predicted octanol–water partition coefficient (Wildman–Crippen LogP) is 0.355. The number of benzene rings is 1. The Morgan fingerprint density at radius 2 is 2.05 bits per heavy atom. The van der Waals surface area contributed by atoms with E-state index < -0.39 is 23.4 Å². The number of hydrogen-bond donors (Lipinski definition) is 2. The summed E-state index contributed by atoms with van der Waals surface area (Å²) in [5, 5.41) is 21.6. The van der Waals surface area contributed by atoms with Crippen molar-refractivity contribution in [2.24, 2.45) is 0 Å². The Morgan fingerprint density at radius 1 is 1.35 bits per heavy atom. The quantitative estimate of drug-likeness (QED) is 0.403. The molecule has 8 heteroatoms. The zero-order valence-corrected chi connectivity index (χ0v) is 10.6. The lowest BCUT2D eigenvalue weighted by molar-refractivity contribution is -0.385. The van der Waals surface area contributed by atoms with Gasteiger partial charge in [0.1, 0.15) is 6.61 Å². The standard InChI is InChI=1S/C12H14N2O6/c15-11(13-5-6-20-8-12(16)17)7-9-3-1-2-4-10(9)14(18)19/h1-4H,5-8H2,(H,13,15)(H,16,17). The first-order chi connectivity index (χ1) is 9.50. The van der Waals surface area contributed by atoms with E-state index in [2.05, 4.69) is 5.32 Å². The maximum absolute atomic E-state index is 11.6. The summed E-state index contributed by atoms with van der Waals surface area (Å²) in [6.45, 7) is -0.221. The van der Waals surface area contributed by atoms with Crippen LogP contribution in [0.25, 0.3) is 0 Å². The number of aliphatic carboxylic acids is 1. The lowest BCUT2D eigenvalue weighted by Crippen LogP contribution is -2.29. The van der Waals surface area contributed by atoms with Crippen LogP contribution in [0.15, 0.2) is 24.3 Å². The number of hydrogen-bond acceptors (Lipinski definition) is 5. The summed E-state index contributed by atoms with van der Waals surface area (Å²) in [7, 11) is 0. The third-order valence-electron chi connectivity index (χ3n) is 2.33. The van der Waals surface area contributed by atoms with Gasteiger partial charge in [-0.05, 0) is 0 Å². The molecule has 0 atom stereocenters. The number of carbonyl (C=O) groups is 2. The zero-order chi connectivity index (χ0) is 15.0. The van der Waals surface area contributed by atoms with Gasteiger partial charge >= 0.3 is 5.97 Å². The monoisotopic (exact) mass is 282 g/mol. The van der Waals surface area contributed by atoms with Crippen LogP contribution >= 0.6 is 0 Å². The van der Waals surface area contributed by atoms with Crippen LogP contribution in [0, 0.1) is 10.1 Å². The van der Waals surface area contributed by atoms with Gasteiger partial charge in [-0.15, -0.1) is 0 Å². The van der Waals surface area contributed by atoms with Crippen molar-refractivity contribution in [2.75, 3.05) is 19.8 Å². The number of carboxylic acids is 1. The van der Waals surface area contributed by atoms with Crippen molar-refractivity contribution >= 4 is 17.6 Å². The summed E-state index contributed by atoms with van der Waals surface area (Å²) in [5.74, 6) is -1.48. The molecule has 0 saturated heterocycles. The average Bonchev–Trinajstić information content (AvgIpc) is 2.38. The van der Waals surface area contributed by atoms with Crippen LogP contribution in [-0.2, 0) is 20.7 Å². The molecule has 0 unspecified atom stereocenters. The van der Waals surface area contributed by atoms with Gasteiger partial charge in [-0.2, -0.15) is 0 Å². The molecule has 0 spiro atoms. The molecule has 0 aromatic heterocycles. The van der Waals surface area contributed by atoms with E-state index >= 15 is 0 Å². The summed E-state index contributed by atoms with van der Waals surface area (Å²) in [5.41, 5.74) is 0.214. The van der Waals surface area contributed by atoms with Gasteiger partial charge in [0.25, 0.3) is 5.69 Å². The molecule has 0 aliphatic heterocycles. The summed E-state index contributed by atoms with van der Waals surface area (Å²) >= 11 is 0. The van der Waals surface area contributed by atoms with E-state index in [1.54, 1.807) is 6.07 Å². The van der Waals surface area contributed by atoms with Gasteiger partial charge in [0.15, 0.2) is 0 Å². The third kappa shape index (κ3) is 5.44. The van der Waals surface area contributed by atoms with Crippen molar-refractivity contribution in [1.29, 1.82) is 0 Å². The molecule has 0 fully saturated rings. The minimum absolute atomic E-state index is 0.0644. The van der Waals surface area contributed by atoms with Crippen molar-refractivity contribution < 1.29 is 24.4 Å². The van der Waals surface area contributed by atoms with E-state index in [1.807, 2.05) is 0 Å². The van der Waals surface area contributed by atoms with Gasteiger partial charge in [0, 0.05) is 18.2 Å². The maximum Gasteiger partial charge on any atom is 0.329 e. The molecule has 0 heterocycles. The molecular formula is C12H14N2O6. The van der Waals surface area contributed by atoms with Crippen LogP contribution in [0.3, 0.4) is 0 Å². The fraction of sp³-hybridized carbons (Fsp3) is 0.333. The van der Waals surface area contributed by atoms with Crippen LogP contribution in [0.1, 0.15) is 5.56 Å². The SMILES string of the molecule is O=C(O)COCCNC(=O)Cc1ccccc1[N+](=O)[O-]. The van der Waals surface area contributed by atoms with Gasteiger partial charge in [-0.1, -0.05) is 18.2 Å². The molecule has 1 rings (SSSR count). The Kier molecular flexibility index (Phi) is 6.11. The van der Waals surface area contributed by atoms with E-state index in [4.69, 9.17) is 9.84 Å². The van der Waals surface area contributed by atoms with Crippen molar-refractivity contribution in [3.63, 3.8) is 0 Å². The molecule has 0 saturated carbocycles. The van der Waals surface area contributed by atoms with E-state index in [0.29, 0.717) is 5.56 Å². The number of nitro benzene ring substituents is 1. The molecule has 1 aromatic carbocycles. The molecule has 0 aliphatic carbocycles.